The molecule has 1 aliphatic rings. The highest BCUT2D eigenvalue weighted by Gasteiger charge is 2.98. The van der Waals surface area contributed by atoms with Gasteiger partial charge in [-0.15, -0.1) is 0 Å². The van der Waals surface area contributed by atoms with Crippen LogP contribution in [0.15, 0.2) is 48.5 Å². The second-order valence-electron chi connectivity index (χ2n) is 10.1. The fraction of sp³-hybridized carbons (Fsp3) is 0.500. The zero-order valence-corrected chi connectivity index (χ0v) is 17.9. The number of alkyl halides is 6. The van der Waals surface area contributed by atoms with Crippen molar-refractivity contribution in [2.24, 2.45) is 0 Å². The van der Waals surface area contributed by atoms with Gasteiger partial charge in [-0.05, 0) is 33.1 Å². The average Bonchev–Trinajstić information content (AvgIpc) is 2.64. The van der Waals surface area contributed by atoms with Crippen LogP contribution < -0.4 is 0 Å². The molecule has 6 heteroatoms. The van der Waals surface area contributed by atoms with Crippen LogP contribution in [0, 0.1) is 0 Å². The third-order valence-electron chi connectivity index (χ3n) is 5.99. The van der Waals surface area contributed by atoms with Crippen LogP contribution >= 0.6 is 0 Å². The Balaban J connectivity index is 2.28. The number of halogens is 6. The summed E-state index contributed by atoms with van der Waals surface area (Å²) in [7, 11) is 0. The molecular weight excluding hydrogens is 402 g/mol. The smallest absolute Gasteiger partial charge is 0.227 e. The number of hydrogen-bond acceptors (Lipinski definition) is 0. The maximum Gasteiger partial charge on any atom is 0.355 e. The van der Waals surface area contributed by atoms with E-state index in [1.165, 1.54) is 12.1 Å². The molecule has 0 amide bonds. The molecule has 0 aromatic heterocycles. The lowest BCUT2D eigenvalue weighted by Gasteiger charge is -2.59. The van der Waals surface area contributed by atoms with Crippen LogP contribution in [0.25, 0.3) is 0 Å². The maximum atomic E-state index is 16.0. The van der Waals surface area contributed by atoms with E-state index in [0.717, 1.165) is 24.3 Å². The molecule has 0 spiro atoms. The van der Waals surface area contributed by atoms with E-state index in [0.29, 0.717) is 11.1 Å². The van der Waals surface area contributed by atoms with Gasteiger partial charge in [0.2, 0.25) is 11.3 Å². The molecule has 3 rings (SSSR count). The molecule has 0 unspecified atom stereocenters. The molecule has 0 N–H and O–H groups in total. The van der Waals surface area contributed by atoms with Gasteiger partial charge in [0.25, 0.3) is 0 Å². The van der Waals surface area contributed by atoms with Gasteiger partial charge in [0.15, 0.2) is 0 Å². The van der Waals surface area contributed by atoms with Crippen molar-refractivity contribution in [3.05, 3.63) is 70.8 Å². The maximum absolute atomic E-state index is 16.0. The van der Waals surface area contributed by atoms with Crippen molar-refractivity contribution in [1.82, 2.24) is 0 Å². The van der Waals surface area contributed by atoms with Gasteiger partial charge in [-0.25, -0.2) is 8.78 Å². The second-order valence-corrected chi connectivity index (χ2v) is 10.1. The Labute approximate surface area is 173 Å². The summed E-state index contributed by atoms with van der Waals surface area (Å²) in [5.41, 5.74) is -10.3. The van der Waals surface area contributed by atoms with Crippen molar-refractivity contribution in [2.75, 3.05) is 0 Å². The highest BCUT2D eigenvalue weighted by Crippen LogP contribution is 2.76. The topological polar surface area (TPSA) is 0 Å². The van der Waals surface area contributed by atoms with Crippen LogP contribution in [0.5, 0.6) is 0 Å². The molecule has 0 nitrogen and oxygen atoms in total. The first-order valence-electron chi connectivity index (χ1n) is 9.78. The molecule has 1 saturated carbocycles. The van der Waals surface area contributed by atoms with Gasteiger partial charge in [0.05, 0.1) is 0 Å². The standard InChI is InChI=1S/C24H26F6/c1-19(2,3)15-9-7-11-17(13-15)21(25)22(26,24(29,30)23(21,27)28)18-12-8-10-16(14-18)20(4,5)6/h7-14H,1-6H3/t21-,22+. The van der Waals surface area contributed by atoms with E-state index in [4.69, 9.17) is 0 Å². The number of benzene rings is 2. The molecule has 2 atom stereocenters. The summed E-state index contributed by atoms with van der Waals surface area (Å²) in [6.45, 7) is 10.6. The molecule has 30 heavy (non-hydrogen) atoms. The van der Waals surface area contributed by atoms with Crippen LogP contribution in [0.4, 0.5) is 26.3 Å². The second kappa shape index (κ2) is 6.27. The van der Waals surface area contributed by atoms with Gasteiger partial charge in [-0.2, -0.15) is 17.6 Å². The summed E-state index contributed by atoms with van der Waals surface area (Å²) in [4.78, 5) is 0. The summed E-state index contributed by atoms with van der Waals surface area (Å²) >= 11 is 0. The van der Waals surface area contributed by atoms with E-state index in [1.807, 2.05) is 0 Å². The van der Waals surface area contributed by atoms with Crippen molar-refractivity contribution >= 4 is 0 Å². The van der Waals surface area contributed by atoms with Crippen molar-refractivity contribution < 1.29 is 26.3 Å². The summed E-state index contributed by atoms with van der Waals surface area (Å²) in [5.74, 6) is -10.4. The number of hydrogen-bond donors (Lipinski definition) is 0. The van der Waals surface area contributed by atoms with Gasteiger partial charge >= 0.3 is 11.8 Å². The van der Waals surface area contributed by atoms with E-state index in [2.05, 4.69) is 0 Å². The third-order valence-corrected chi connectivity index (χ3v) is 5.99. The summed E-state index contributed by atoms with van der Waals surface area (Å²) < 4.78 is 90.6. The van der Waals surface area contributed by atoms with E-state index in [-0.39, 0.29) is 0 Å². The minimum atomic E-state index is -5.22. The quantitative estimate of drug-likeness (QED) is 0.432. The van der Waals surface area contributed by atoms with E-state index in [1.54, 1.807) is 53.7 Å². The molecule has 0 aliphatic heterocycles. The normalized spacial score (nSPS) is 28.1. The largest absolute Gasteiger partial charge is 0.355 e. The van der Waals surface area contributed by atoms with Gasteiger partial charge in [0, 0.05) is 0 Å². The molecule has 1 fully saturated rings. The SMILES string of the molecule is CC(C)(C)c1cccc([C@@]2(F)C(F)(F)C(F)(F)[C@@]2(F)c2cccc(C(C)(C)C)c2)c1. The van der Waals surface area contributed by atoms with Crippen LogP contribution in [0.3, 0.4) is 0 Å². The Morgan fingerprint density at radius 1 is 0.533 bits per heavy atom. The van der Waals surface area contributed by atoms with Crippen LogP contribution in [-0.4, -0.2) is 11.8 Å². The van der Waals surface area contributed by atoms with Crippen molar-refractivity contribution in [3.63, 3.8) is 0 Å². The van der Waals surface area contributed by atoms with E-state index in [9.17, 15) is 17.6 Å². The molecule has 0 bridgehead atoms. The van der Waals surface area contributed by atoms with Crippen molar-refractivity contribution in [2.45, 2.75) is 75.6 Å². The van der Waals surface area contributed by atoms with Crippen molar-refractivity contribution in [3.8, 4) is 0 Å². The average molecular weight is 428 g/mol. The van der Waals surface area contributed by atoms with Gasteiger partial charge in [0.1, 0.15) is 0 Å². The summed E-state index contributed by atoms with van der Waals surface area (Å²) in [6.07, 6.45) is 0. The van der Waals surface area contributed by atoms with Gasteiger partial charge < -0.3 is 0 Å². The zero-order valence-electron chi connectivity index (χ0n) is 17.9. The lowest BCUT2D eigenvalue weighted by molar-refractivity contribution is -0.451. The number of rotatable bonds is 2. The Bertz CT molecular complexity index is 887. The highest BCUT2D eigenvalue weighted by molar-refractivity contribution is 5.50. The first-order valence-corrected chi connectivity index (χ1v) is 9.78. The Kier molecular flexibility index (Phi) is 4.74. The van der Waals surface area contributed by atoms with Crippen LogP contribution in [0.2, 0.25) is 0 Å². The lowest BCUT2D eigenvalue weighted by Crippen LogP contribution is -2.82. The van der Waals surface area contributed by atoms with Crippen molar-refractivity contribution in [1.29, 1.82) is 0 Å². The van der Waals surface area contributed by atoms with Gasteiger partial charge in [-0.1, -0.05) is 90.1 Å². The zero-order chi connectivity index (χ0) is 23.0. The fourth-order valence-corrected chi connectivity index (χ4v) is 3.96. The molecule has 164 valence electrons. The predicted octanol–water partition coefficient (Wildman–Crippen LogP) is 7.60. The predicted molar refractivity (Wildman–Crippen MR) is 106 cm³/mol. The molecular formula is C24H26F6. The van der Waals surface area contributed by atoms with E-state index < -0.39 is 45.1 Å². The third kappa shape index (κ3) is 2.68. The first-order chi connectivity index (χ1) is 13.4. The minimum absolute atomic E-state index is 0.439. The first kappa shape index (κ1) is 22.7. The Morgan fingerprint density at radius 3 is 1.10 bits per heavy atom. The lowest BCUT2D eigenvalue weighted by atomic mass is 9.55. The summed E-state index contributed by atoms with van der Waals surface area (Å²) in [5, 5.41) is 0. The van der Waals surface area contributed by atoms with Crippen LogP contribution in [0.1, 0.15) is 63.8 Å². The molecule has 0 radical (unpaired) electrons. The molecule has 0 heterocycles. The fourth-order valence-electron chi connectivity index (χ4n) is 3.96. The molecule has 2 aromatic rings. The molecule has 1 aliphatic carbocycles. The monoisotopic (exact) mass is 428 g/mol. The molecule has 0 saturated heterocycles. The van der Waals surface area contributed by atoms with Crippen LogP contribution in [-0.2, 0) is 22.2 Å². The molecule has 2 aromatic carbocycles. The summed E-state index contributed by atoms with van der Waals surface area (Å²) in [6, 6.07) is 9.73. The van der Waals surface area contributed by atoms with Gasteiger partial charge in [-0.3, -0.25) is 0 Å². The van der Waals surface area contributed by atoms with E-state index >= 15 is 8.78 Å². The minimum Gasteiger partial charge on any atom is -0.227 e. The Morgan fingerprint density at radius 2 is 0.833 bits per heavy atom. The highest BCUT2D eigenvalue weighted by atomic mass is 19.3. The Hall–Kier alpha value is -1.98.